The molecule has 1 rings (SSSR count). The average molecular weight is 233 g/mol. The summed E-state index contributed by atoms with van der Waals surface area (Å²) in [6, 6.07) is -0.616. The molecular weight excluding hydrogens is 224 g/mol. The number of carbonyl (C=O) groups is 1. The average Bonchev–Trinajstić information content (AvgIpc) is 2.30. The molecular formula is C7H9BrN2O2. The quantitative estimate of drug-likeness (QED) is 0.843. The fourth-order valence-electron chi connectivity index (χ4n) is 0.771. The Morgan fingerprint density at radius 2 is 2.42 bits per heavy atom. The van der Waals surface area contributed by atoms with Gasteiger partial charge < -0.3 is 5.11 Å². The lowest BCUT2D eigenvalue weighted by atomic mass is 10.4. The molecule has 66 valence electrons. The van der Waals surface area contributed by atoms with Gasteiger partial charge in [0.05, 0.1) is 10.2 Å². The van der Waals surface area contributed by atoms with Crippen LogP contribution in [0.15, 0.2) is 10.7 Å². The predicted octanol–water partition coefficient (Wildman–Crippen LogP) is 1.60. The van der Waals surface area contributed by atoms with Crippen molar-refractivity contribution < 1.29 is 9.90 Å². The van der Waals surface area contributed by atoms with Crippen LogP contribution >= 0.6 is 15.9 Å². The monoisotopic (exact) mass is 232 g/mol. The topological polar surface area (TPSA) is 55.1 Å². The number of hydrogen-bond donors (Lipinski definition) is 1. The highest BCUT2D eigenvalue weighted by atomic mass is 79.9. The van der Waals surface area contributed by atoms with Gasteiger partial charge in [-0.25, -0.2) is 4.79 Å². The Bertz CT molecular complexity index is 289. The fourth-order valence-corrected chi connectivity index (χ4v) is 1.06. The SMILES string of the molecule is Cc1nn(C(C)C(=O)O)cc1Br. The van der Waals surface area contributed by atoms with Gasteiger partial charge in [-0.05, 0) is 29.8 Å². The van der Waals surface area contributed by atoms with Crippen LogP contribution in [-0.4, -0.2) is 20.9 Å². The molecule has 1 N–H and O–H groups in total. The molecule has 5 heteroatoms. The van der Waals surface area contributed by atoms with Gasteiger partial charge in [-0.2, -0.15) is 5.10 Å². The van der Waals surface area contributed by atoms with Crippen molar-refractivity contribution in [3.05, 3.63) is 16.4 Å². The highest BCUT2D eigenvalue weighted by Gasteiger charge is 2.14. The molecule has 1 atom stereocenters. The number of aliphatic carboxylic acids is 1. The maximum absolute atomic E-state index is 10.5. The van der Waals surface area contributed by atoms with Crippen molar-refractivity contribution in [3.8, 4) is 0 Å². The first-order chi connectivity index (χ1) is 5.52. The van der Waals surface area contributed by atoms with Crippen molar-refractivity contribution in [1.82, 2.24) is 9.78 Å². The lowest BCUT2D eigenvalue weighted by Gasteiger charge is -2.04. The summed E-state index contributed by atoms with van der Waals surface area (Å²) in [5.41, 5.74) is 0.795. The van der Waals surface area contributed by atoms with Gasteiger partial charge in [0.25, 0.3) is 0 Å². The second kappa shape index (κ2) is 3.26. The Kier molecular flexibility index (Phi) is 2.52. The molecule has 0 aromatic carbocycles. The van der Waals surface area contributed by atoms with Crippen molar-refractivity contribution in [2.45, 2.75) is 19.9 Å². The van der Waals surface area contributed by atoms with Gasteiger partial charge in [0, 0.05) is 6.20 Å². The van der Waals surface area contributed by atoms with Gasteiger partial charge >= 0.3 is 5.97 Å². The van der Waals surface area contributed by atoms with E-state index in [-0.39, 0.29) is 0 Å². The number of halogens is 1. The summed E-state index contributed by atoms with van der Waals surface area (Å²) in [5, 5.41) is 12.7. The molecule has 0 spiro atoms. The highest BCUT2D eigenvalue weighted by molar-refractivity contribution is 9.10. The number of rotatable bonds is 2. The molecule has 0 amide bonds. The van der Waals surface area contributed by atoms with Crippen molar-refractivity contribution in [2.24, 2.45) is 0 Å². The molecule has 0 fully saturated rings. The molecule has 0 aliphatic carbocycles. The van der Waals surface area contributed by atoms with E-state index in [1.54, 1.807) is 13.1 Å². The van der Waals surface area contributed by atoms with E-state index in [0.717, 1.165) is 10.2 Å². The Balaban J connectivity index is 2.96. The highest BCUT2D eigenvalue weighted by Crippen LogP contribution is 2.16. The molecule has 0 radical (unpaired) electrons. The first kappa shape index (κ1) is 9.25. The molecule has 1 aromatic heterocycles. The molecule has 1 unspecified atom stereocenters. The summed E-state index contributed by atoms with van der Waals surface area (Å²) in [6.07, 6.45) is 1.66. The van der Waals surface area contributed by atoms with E-state index in [4.69, 9.17) is 5.11 Å². The normalized spacial score (nSPS) is 12.9. The summed E-state index contributed by atoms with van der Waals surface area (Å²) >= 11 is 3.26. The van der Waals surface area contributed by atoms with Crippen molar-refractivity contribution in [3.63, 3.8) is 0 Å². The van der Waals surface area contributed by atoms with Crippen LogP contribution in [-0.2, 0) is 4.79 Å². The van der Waals surface area contributed by atoms with Gasteiger partial charge in [0.2, 0.25) is 0 Å². The third kappa shape index (κ3) is 1.66. The molecule has 0 bridgehead atoms. The smallest absolute Gasteiger partial charge is 0.328 e. The van der Waals surface area contributed by atoms with Crippen LogP contribution in [0.3, 0.4) is 0 Å². The largest absolute Gasteiger partial charge is 0.480 e. The Morgan fingerprint density at radius 1 is 1.83 bits per heavy atom. The van der Waals surface area contributed by atoms with Gasteiger partial charge in [0.15, 0.2) is 0 Å². The summed E-state index contributed by atoms with van der Waals surface area (Å²) in [6.45, 7) is 3.40. The maximum atomic E-state index is 10.5. The van der Waals surface area contributed by atoms with E-state index in [1.165, 1.54) is 4.68 Å². The van der Waals surface area contributed by atoms with Crippen LogP contribution in [0, 0.1) is 6.92 Å². The van der Waals surface area contributed by atoms with Crippen molar-refractivity contribution in [1.29, 1.82) is 0 Å². The molecule has 4 nitrogen and oxygen atoms in total. The number of carboxylic acids is 1. The molecule has 12 heavy (non-hydrogen) atoms. The summed E-state index contributed by atoms with van der Waals surface area (Å²) in [5.74, 6) is -0.884. The van der Waals surface area contributed by atoms with Crippen LogP contribution in [0.5, 0.6) is 0 Å². The fraction of sp³-hybridized carbons (Fsp3) is 0.429. The van der Waals surface area contributed by atoms with Gasteiger partial charge in [-0.15, -0.1) is 0 Å². The van der Waals surface area contributed by atoms with E-state index < -0.39 is 12.0 Å². The number of carboxylic acid groups (broad SMARTS) is 1. The summed E-state index contributed by atoms with van der Waals surface area (Å²) in [4.78, 5) is 10.5. The predicted molar refractivity (Wildman–Crippen MR) is 47.0 cm³/mol. The second-order valence-corrected chi connectivity index (χ2v) is 3.41. The van der Waals surface area contributed by atoms with Crippen LogP contribution < -0.4 is 0 Å². The Hall–Kier alpha value is -0.840. The molecule has 0 aliphatic rings. The minimum absolute atomic E-state index is 0.616. The van der Waals surface area contributed by atoms with Crippen LogP contribution in [0.25, 0.3) is 0 Å². The van der Waals surface area contributed by atoms with Crippen LogP contribution in [0.4, 0.5) is 0 Å². The number of aromatic nitrogens is 2. The molecule has 0 saturated carbocycles. The van der Waals surface area contributed by atoms with Crippen LogP contribution in [0.2, 0.25) is 0 Å². The van der Waals surface area contributed by atoms with Crippen molar-refractivity contribution in [2.75, 3.05) is 0 Å². The third-order valence-corrected chi connectivity index (χ3v) is 2.39. The molecule has 1 heterocycles. The minimum atomic E-state index is -0.884. The first-order valence-corrected chi connectivity index (χ1v) is 4.25. The summed E-state index contributed by atoms with van der Waals surface area (Å²) < 4.78 is 2.25. The van der Waals surface area contributed by atoms with E-state index in [1.807, 2.05) is 6.92 Å². The Morgan fingerprint density at radius 3 is 2.75 bits per heavy atom. The van der Waals surface area contributed by atoms with Gasteiger partial charge in [0.1, 0.15) is 6.04 Å². The Labute approximate surface area is 78.3 Å². The van der Waals surface area contributed by atoms with Crippen molar-refractivity contribution >= 4 is 21.9 Å². The number of hydrogen-bond acceptors (Lipinski definition) is 2. The molecule has 0 saturated heterocycles. The second-order valence-electron chi connectivity index (χ2n) is 2.56. The lowest BCUT2D eigenvalue weighted by molar-refractivity contribution is -0.140. The number of nitrogens with zero attached hydrogens (tertiary/aromatic N) is 2. The minimum Gasteiger partial charge on any atom is -0.480 e. The zero-order valence-corrected chi connectivity index (χ0v) is 8.37. The van der Waals surface area contributed by atoms with E-state index in [9.17, 15) is 4.79 Å². The molecule has 0 aliphatic heterocycles. The maximum Gasteiger partial charge on any atom is 0.328 e. The van der Waals surface area contributed by atoms with E-state index >= 15 is 0 Å². The zero-order valence-electron chi connectivity index (χ0n) is 6.78. The zero-order chi connectivity index (χ0) is 9.30. The van der Waals surface area contributed by atoms with E-state index in [0.29, 0.717) is 0 Å². The van der Waals surface area contributed by atoms with Crippen LogP contribution in [0.1, 0.15) is 18.7 Å². The third-order valence-electron chi connectivity index (χ3n) is 1.61. The van der Waals surface area contributed by atoms with E-state index in [2.05, 4.69) is 21.0 Å². The number of aryl methyl sites for hydroxylation is 1. The standard InChI is InChI=1S/C7H9BrN2O2/c1-4-6(8)3-10(9-4)5(2)7(11)12/h3,5H,1-2H3,(H,11,12). The first-order valence-electron chi connectivity index (χ1n) is 3.46. The van der Waals surface area contributed by atoms with Gasteiger partial charge in [-0.3, -0.25) is 4.68 Å². The summed E-state index contributed by atoms with van der Waals surface area (Å²) in [7, 11) is 0. The van der Waals surface area contributed by atoms with Gasteiger partial charge in [-0.1, -0.05) is 0 Å². The molecule has 1 aromatic rings. The lowest BCUT2D eigenvalue weighted by Crippen LogP contribution is -2.15.